The van der Waals surface area contributed by atoms with Crippen LogP contribution in [0.5, 0.6) is 0 Å². The Kier molecular flexibility index (Phi) is 5.38. The van der Waals surface area contributed by atoms with E-state index >= 15 is 0 Å². The first-order valence-corrected chi connectivity index (χ1v) is 10.4. The molecule has 4 rings (SSSR count). The van der Waals surface area contributed by atoms with Crippen molar-refractivity contribution in [3.63, 3.8) is 0 Å². The molecule has 4 atom stereocenters. The van der Waals surface area contributed by atoms with Gasteiger partial charge in [0.1, 0.15) is 5.00 Å². The van der Waals surface area contributed by atoms with Crippen LogP contribution in [-0.4, -0.2) is 41.8 Å². The first-order chi connectivity index (χ1) is 14.0. The second kappa shape index (κ2) is 7.96. The number of fused-ring (bicyclic) bond motifs is 2. The largest absolute Gasteiger partial charge is 0.481 e. The summed E-state index contributed by atoms with van der Waals surface area (Å²) in [6.45, 7) is 1.93. The Balaban J connectivity index is 1.63. The summed E-state index contributed by atoms with van der Waals surface area (Å²) in [5.41, 5.74) is 1.18. The number of carboxylic acid groups (broad SMARTS) is 1. The van der Waals surface area contributed by atoms with Gasteiger partial charge in [0.05, 0.1) is 36.2 Å². The first-order valence-electron chi connectivity index (χ1n) is 9.55. The van der Waals surface area contributed by atoms with Gasteiger partial charge in [0, 0.05) is 4.88 Å². The van der Waals surface area contributed by atoms with Gasteiger partial charge in [-0.25, -0.2) is 4.79 Å². The maximum atomic E-state index is 13.0. The van der Waals surface area contributed by atoms with Crippen LogP contribution in [0.15, 0.2) is 36.4 Å². The van der Waals surface area contributed by atoms with Crippen LogP contribution in [0, 0.1) is 11.8 Å². The predicted octanol–water partition coefficient (Wildman–Crippen LogP) is 3.41. The molecule has 2 fully saturated rings. The van der Waals surface area contributed by atoms with Crippen LogP contribution < -0.4 is 5.32 Å². The van der Waals surface area contributed by atoms with E-state index in [0.717, 1.165) is 10.4 Å². The molecule has 8 heteroatoms. The van der Waals surface area contributed by atoms with Gasteiger partial charge in [-0.15, -0.1) is 11.3 Å². The summed E-state index contributed by atoms with van der Waals surface area (Å²) in [6.07, 6.45) is 0.481. The van der Waals surface area contributed by atoms with Crippen molar-refractivity contribution in [2.45, 2.75) is 32.0 Å². The van der Waals surface area contributed by atoms with Crippen molar-refractivity contribution in [1.82, 2.24) is 0 Å². The highest BCUT2D eigenvalue weighted by atomic mass is 32.1. The van der Waals surface area contributed by atoms with E-state index in [1.54, 1.807) is 13.0 Å². The molecule has 0 saturated carbocycles. The van der Waals surface area contributed by atoms with Crippen molar-refractivity contribution < 1.29 is 29.0 Å². The summed E-state index contributed by atoms with van der Waals surface area (Å²) in [6, 6.07) is 11.2. The summed E-state index contributed by atoms with van der Waals surface area (Å²) in [5.74, 6) is -3.63. The molecule has 2 aliphatic rings. The van der Waals surface area contributed by atoms with Gasteiger partial charge < -0.3 is 19.9 Å². The molecule has 2 N–H and O–H groups in total. The zero-order valence-corrected chi connectivity index (χ0v) is 16.6. The van der Waals surface area contributed by atoms with Crippen LogP contribution in [0.25, 0.3) is 10.4 Å². The highest BCUT2D eigenvalue weighted by Gasteiger charge is 2.55. The molecule has 0 radical (unpaired) electrons. The van der Waals surface area contributed by atoms with Crippen molar-refractivity contribution in [2.24, 2.45) is 11.8 Å². The molecule has 1 amide bonds. The number of amides is 1. The summed E-state index contributed by atoms with van der Waals surface area (Å²) in [7, 11) is 0. The van der Waals surface area contributed by atoms with Crippen molar-refractivity contribution in [3.05, 3.63) is 42.0 Å². The van der Waals surface area contributed by atoms with Gasteiger partial charge in [-0.05, 0) is 31.4 Å². The molecule has 1 aromatic carbocycles. The SMILES string of the molecule is CCOC(=O)c1cc(-c2ccccc2)sc1NC(=O)[C@@H]1[C@@H](C(=O)O)[C@H]2CC[C@H]1O2. The normalized spacial score (nSPS) is 25.0. The topological polar surface area (TPSA) is 102 Å². The molecule has 0 spiro atoms. The Labute approximate surface area is 171 Å². The average molecular weight is 415 g/mol. The number of rotatable bonds is 6. The fraction of sp³-hybridized carbons (Fsp3) is 0.381. The van der Waals surface area contributed by atoms with E-state index in [2.05, 4.69) is 5.32 Å². The van der Waals surface area contributed by atoms with Gasteiger partial charge in [-0.2, -0.15) is 0 Å². The lowest BCUT2D eigenvalue weighted by atomic mass is 9.79. The quantitative estimate of drug-likeness (QED) is 0.701. The lowest BCUT2D eigenvalue weighted by molar-refractivity contribution is -0.147. The minimum atomic E-state index is -1.03. The number of carbonyl (C=O) groups is 3. The molecule has 2 bridgehead atoms. The van der Waals surface area contributed by atoms with E-state index < -0.39 is 41.9 Å². The van der Waals surface area contributed by atoms with Crippen molar-refractivity contribution in [1.29, 1.82) is 0 Å². The molecule has 1 aromatic heterocycles. The number of aliphatic carboxylic acids is 1. The van der Waals surface area contributed by atoms with Crippen molar-refractivity contribution >= 4 is 34.2 Å². The summed E-state index contributed by atoms with van der Waals surface area (Å²) in [4.78, 5) is 37.9. The molecule has 2 saturated heterocycles. The number of carboxylic acids is 1. The Bertz CT molecular complexity index is 940. The molecule has 2 aliphatic heterocycles. The van der Waals surface area contributed by atoms with E-state index in [0.29, 0.717) is 17.8 Å². The molecular weight excluding hydrogens is 394 g/mol. The third kappa shape index (κ3) is 3.65. The molecule has 152 valence electrons. The number of benzene rings is 1. The fourth-order valence-electron chi connectivity index (χ4n) is 4.11. The number of thiophene rings is 1. The number of hydrogen-bond donors (Lipinski definition) is 2. The number of esters is 1. The second-order valence-electron chi connectivity index (χ2n) is 7.11. The maximum absolute atomic E-state index is 13.0. The van der Waals surface area contributed by atoms with Gasteiger partial charge in [0.2, 0.25) is 5.91 Å². The highest BCUT2D eigenvalue weighted by molar-refractivity contribution is 7.20. The lowest BCUT2D eigenvalue weighted by Gasteiger charge is -2.23. The van der Waals surface area contributed by atoms with Gasteiger partial charge in [-0.3, -0.25) is 9.59 Å². The van der Waals surface area contributed by atoms with E-state index in [1.165, 1.54) is 11.3 Å². The van der Waals surface area contributed by atoms with E-state index in [4.69, 9.17) is 9.47 Å². The number of ether oxygens (including phenoxy) is 2. The Morgan fingerprint density at radius 3 is 2.52 bits per heavy atom. The summed E-state index contributed by atoms with van der Waals surface area (Å²) < 4.78 is 10.8. The first kappa shape index (κ1) is 19.6. The van der Waals surface area contributed by atoms with Gasteiger partial charge in [0.25, 0.3) is 0 Å². The Morgan fingerprint density at radius 2 is 1.86 bits per heavy atom. The van der Waals surface area contributed by atoms with Gasteiger partial charge >= 0.3 is 11.9 Å². The standard InChI is InChI=1S/C21H21NO6S/c1-2-27-21(26)12-10-15(11-6-4-3-5-7-11)29-19(12)22-18(23)16-13-8-9-14(28-13)17(16)20(24)25/h3-7,10,13-14,16-17H,2,8-9H2,1H3,(H,22,23)(H,24,25)/t13-,14-,16+,17+/m1/s1. The third-order valence-electron chi connectivity index (χ3n) is 5.38. The number of carbonyl (C=O) groups excluding carboxylic acids is 2. The van der Waals surface area contributed by atoms with Crippen LogP contribution in [0.1, 0.15) is 30.1 Å². The van der Waals surface area contributed by atoms with Crippen LogP contribution in [0.4, 0.5) is 5.00 Å². The van der Waals surface area contributed by atoms with E-state index in [-0.39, 0.29) is 12.2 Å². The molecule has 2 aromatic rings. The average Bonchev–Trinajstić information content (AvgIpc) is 3.43. The molecule has 3 heterocycles. The molecule has 29 heavy (non-hydrogen) atoms. The van der Waals surface area contributed by atoms with Crippen LogP contribution in [-0.2, 0) is 19.1 Å². The molecule has 0 aliphatic carbocycles. The molecule has 0 unspecified atom stereocenters. The smallest absolute Gasteiger partial charge is 0.341 e. The summed E-state index contributed by atoms with van der Waals surface area (Å²) in [5, 5.41) is 12.7. The minimum absolute atomic E-state index is 0.212. The lowest BCUT2D eigenvalue weighted by Crippen LogP contribution is -2.41. The predicted molar refractivity (Wildman–Crippen MR) is 107 cm³/mol. The number of nitrogens with one attached hydrogen (secondary N) is 1. The number of anilines is 1. The Hall–Kier alpha value is -2.71. The Morgan fingerprint density at radius 1 is 1.17 bits per heavy atom. The van der Waals surface area contributed by atoms with Crippen molar-refractivity contribution in [2.75, 3.05) is 11.9 Å². The molecule has 7 nitrogen and oxygen atoms in total. The summed E-state index contributed by atoms with van der Waals surface area (Å²) >= 11 is 1.26. The van der Waals surface area contributed by atoms with Crippen LogP contribution in [0.2, 0.25) is 0 Å². The maximum Gasteiger partial charge on any atom is 0.341 e. The molecular formula is C21H21NO6S. The minimum Gasteiger partial charge on any atom is -0.481 e. The van der Waals surface area contributed by atoms with Gasteiger partial charge in [-0.1, -0.05) is 30.3 Å². The zero-order chi connectivity index (χ0) is 20.5. The van der Waals surface area contributed by atoms with Gasteiger partial charge in [0.15, 0.2) is 0 Å². The van der Waals surface area contributed by atoms with E-state index in [9.17, 15) is 19.5 Å². The van der Waals surface area contributed by atoms with E-state index in [1.807, 2.05) is 30.3 Å². The van der Waals surface area contributed by atoms with Crippen molar-refractivity contribution in [3.8, 4) is 10.4 Å². The fourth-order valence-corrected chi connectivity index (χ4v) is 5.16. The highest BCUT2D eigenvalue weighted by Crippen LogP contribution is 2.45. The van der Waals surface area contributed by atoms with Crippen LogP contribution >= 0.6 is 11.3 Å². The third-order valence-corrected chi connectivity index (χ3v) is 6.48. The monoisotopic (exact) mass is 415 g/mol. The second-order valence-corrected chi connectivity index (χ2v) is 8.16. The van der Waals surface area contributed by atoms with Crippen LogP contribution in [0.3, 0.4) is 0 Å². The number of hydrogen-bond acceptors (Lipinski definition) is 6. The zero-order valence-electron chi connectivity index (χ0n) is 15.8.